The Morgan fingerprint density at radius 2 is 2.00 bits per heavy atom. The van der Waals surface area contributed by atoms with E-state index in [0.717, 1.165) is 4.31 Å². The molecule has 260 valence electrons. The van der Waals surface area contributed by atoms with Crippen LogP contribution in [0.3, 0.4) is 0 Å². The number of fused-ring (bicyclic) bond motifs is 2. The average molecular weight is 709 g/mol. The minimum absolute atomic E-state index is 0.0703. The van der Waals surface area contributed by atoms with Gasteiger partial charge in [0.05, 0.1) is 53.7 Å². The van der Waals surface area contributed by atoms with Crippen molar-refractivity contribution >= 4 is 27.5 Å². The fourth-order valence-electron chi connectivity index (χ4n) is 5.46. The SMILES string of the molecule is [2H]C([2H])(Oc1ccc(C[C@H](NC(=O)O[C@@H]2[C@@H]3CCO[C@@H]3OC2([2H])[2H])[C@@]([2H])(O)CN(CC(C)C)S(=O)(=O)c2ccc3c(c2)OCO3)cc1)c1csc(C)n1. The highest BCUT2D eigenvalue weighted by Gasteiger charge is 2.44. The zero-order valence-electron chi connectivity index (χ0n) is 31.6. The molecule has 15 heteroatoms. The molecule has 2 aromatic carbocycles. The Bertz CT molecular complexity index is 1900. The van der Waals surface area contributed by atoms with E-state index in [1.165, 1.54) is 41.7 Å². The first-order valence-electron chi connectivity index (χ1n) is 17.9. The monoisotopic (exact) mass is 708 g/mol. The first-order valence-corrected chi connectivity index (χ1v) is 17.8. The van der Waals surface area contributed by atoms with E-state index in [2.05, 4.69) is 10.3 Å². The highest BCUT2D eigenvalue weighted by Crippen LogP contribution is 2.35. The van der Waals surface area contributed by atoms with Gasteiger partial charge in [0, 0.05) is 24.5 Å². The molecule has 2 fully saturated rings. The second-order valence-electron chi connectivity index (χ2n) is 12.0. The summed E-state index contributed by atoms with van der Waals surface area (Å²) in [7, 11) is -4.34. The number of aryl methyl sites for hydroxylation is 1. The maximum absolute atomic E-state index is 14.0. The van der Waals surface area contributed by atoms with Crippen LogP contribution in [-0.4, -0.2) is 86.5 Å². The van der Waals surface area contributed by atoms with Crippen molar-refractivity contribution < 1.29 is 53.6 Å². The molecule has 0 saturated carbocycles. The summed E-state index contributed by atoms with van der Waals surface area (Å²) in [6, 6.07) is 8.63. The molecule has 0 aliphatic carbocycles. The number of ether oxygens (including phenoxy) is 6. The summed E-state index contributed by atoms with van der Waals surface area (Å²) in [5, 5.41) is 16.6. The number of sulfonamides is 1. The number of aromatic nitrogens is 1. The summed E-state index contributed by atoms with van der Waals surface area (Å²) >= 11 is 1.28. The minimum Gasteiger partial charge on any atom is -0.487 e. The molecular weight excluding hydrogens is 663 g/mol. The number of hydrogen-bond donors (Lipinski definition) is 2. The summed E-state index contributed by atoms with van der Waals surface area (Å²) in [4.78, 5) is 17.5. The number of carbonyl (C=O) groups is 1. The van der Waals surface area contributed by atoms with Crippen LogP contribution in [0.1, 0.15) is 43.4 Å². The second-order valence-corrected chi connectivity index (χ2v) is 15.0. The number of amides is 1. The Morgan fingerprint density at radius 1 is 1.21 bits per heavy atom. The Morgan fingerprint density at radius 3 is 2.75 bits per heavy atom. The predicted octanol–water partition coefficient (Wildman–Crippen LogP) is 3.87. The van der Waals surface area contributed by atoms with Crippen LogP contribution in [0, 0.1) is 18.8 Å². The molecular formula is C33H41N3O10S2. The van der Waals surface area contributed by atoms with Gasteiger partial charge in [0.1, 0.15) is 18.4 Å². The minimum atomic E-state index is -4.34. The molecule has 1 amide bonds. The molecule has 0 unspecified atom stereocenters. The molecule has 48 heavy (non-hydrogen) atoms. The van der Waals surface area contributed by atoms with E-state index in [1.54, 1.807) is 38.3 Å². The Hall–Kier alpha value is -3.47. The zero-order chi connectivity index (χ0) is 38.3. The molecule has 5 atom stereocenters. The fourth-order valence-corrected chi connectivity index (χ4v) is 7.58. The van der Waals surface area contributed by atoms with Crippen LogP contribution < -0.4 is 19.5 Å². The van der Waals surface area contributed by atoms with Gasteiger partial charge in [-0.3, -0.25) is 0 Å². The Balaban J connectivity index is 1.25. The van der Waals surface area contributed by atoms with Crippen molar-refractivity contribution in [3.8, 4) is 17.2 Å². The third kappa shape index (κ3) is 8.21. The lowest BCUT2D eigenvalue weighted by Gasteiger charge is -2.31. The molecule has 0 bridgehead atoms. The van der Waals surface area contributed by atoms with Gasteiger partial charge in [0.2, 0.25) is 16.8 Å². The Kier molecular flexibility index (Phi) is 8.85. The molecule has 0 radical (unpaired) electrons. The number of thiazole rings is 1. The van der Waals surface area contributed by atoms with Gasteiger partial charge in [0.15, 0.2) is 17.8 Å². The number of aliphatic hydroxyl groups is 1. The smallest absolute Gasteiger partial charge is 0.407 e. The maximum atomic E-state index is 14.0. The van der Waals surface area contributed by atoms with Crippen molar-refractivity contribution in [2.75, 3.05) is 33.0 Å². The zero-order valence-corrected chi connectivity index (χ0v) is 28.2. The van der Waals surface area contributed by atoms with Crippen LogP contribution in [0.25, 0.3) is 0 Å². The van der Waals surface area contributed by atoms with Gasteiger partial charge in [-0.15, -0.1) is 11.3 Å². The number of carbonyl (C=O) groups excluding carboxylic acids is 1. The largest absolute Gasteiger partial charge is 0.487 e. The van der Waals surface area contributed by atoms with Crippen molar-refractivity contribution in [2.24, 2.45) is 11.8 Å². The van der Waals surface area contributed by atoms with Gasteiger partial charge in [-0.2, -0.15) is 4.31 Å². The molecule has 3 aliphatic heterocycles. The van der Waals surface area contributed by atoms with E-state index in [1.807, 2.05) is 0 Å². The van der Waals surface area contributed by atoms with Gasteiger partial charge in [-0.25, -0.2) is 18.2 Å². The Labute approximate surface area is 291 Å². The van der Waals surface area contributed by atoms with E-state index >= 15 is 0 Å². The van der Waals surface area contributed by atoms with Gasteiger partial charge in [0.25, 0.3) is 0 Å². The van der Waals surface area contributed by atoms with Crippen molar-refractivity contribution in [2.45, 2.75) is 69.6 Å². The highest BCUT2D eigenvalue weighted by molar-refractivity contribution is 7.89. The van der Waals surface area contributed by atoms with Crippen LogP contribution >= 0.6 is 11.3 Å². The molecule has 1 aromatic heterocycles. The quantitative estimate of drug-likeness (QED) is 0.251. The number of alkyl carbamates (subject to hydrolysis) is 1. The predicted molar refractivity (Wildman–Crippen MR) is 174 cm³/mol. The lowest BCUT2D eigenvalue weighted by atomic mass is 10.0. The first-order chi connectivity index (χ1) is 24.8. The van der Waals surface area contributed by atoms with Gasteiger partial charge >= 0.3 is 6.09 Å². The molecule has 2 saturated heterocycles. The molecule has 4 heterocycles. The molecule has 3 aromatic rings. The van der Waals surface area contributed by atoms with Gasteiger partial charge in [-0.05, 0) is 55.5 Å². The van der Waals surface area contributed by atoms with Crippen molar-refractivity contribution in [1.82, 2.24) is 14.6 Å². The van der Waals surface area contributed by atoms with Crippen LogP contribution in [-0.2, 0) is 37.2 Å². The topological polar surface area (TPSA) is 155 Å². The highest BCUT2D eigenvalue weighted by atomic mass is 32.2. The van der Waals surface area contributed by atoms with E-state index in [9.17, 15) is 18.3 Å². The number of nitrogens with one attached hydrogen (secondary N) is 1. The van der Waals surface area contributed by atoms with E-state index in [-0.39, 0.29) is 54.4 Å². The normalized spacial score (nSPS) is 24.9. The summed E-state index contributed by atoms with van der Waals surface area (Å²) in [6.45, 7) is 0.0367. The number of rotatable bonds is 14. The van der Waals surface area contributed by atoms with E-state index in [4.69, 9.17) is 35.3 Å². The fraction of sp³-hybridized carbons (Fsp3) is 0.515. The van der Waals surface area contributed by atoms with Crippen molar-refractivity contribution in [3.05, 3.63) is 64.1 Å². The molecule has 6 rings (SSSR count). The van der Waals surface area contributed by atoms with Crippen LogP contribution in [0.4, 0.5) is 4.79 Å². The third-order valence-electron chi connectivity index (χ3n) is 7.85. The third-order valence-corrected chi connectivity index (χ3v) is 10.4. The van der Waals surface area contributed by atoms with Crippen LogP contribution in [0.2, 0.25) is 0 Å². The number of benzene rings is 2. The van der Waals surface area contributed by atoms with E-state index in [0.29, 0.717) is 22.7 Å². The summed E-state index contributed by atoms with van der Waals surface area (Å²) < 4.78 is 104. The van der Waals surface area contributed by atoms with Gasteiger partial charge < -0.3 is 38.8 Å². The lowest BCUT2D eigenvalue weighted by Crippen LogP contribution is -2.51. The lowest BCUT2D eigenvalue weighted by molar-refractivity contribution is -0.0907. The molecule has 2 N–H and O–H groups in total. The number of hydrogen-bond acceptors (Lipinski definition) is 12. The second kappa shape index (κ2) is 15.0. The maximum Gasteiger partial charge on any atom is 0.407 e. The average Bonchev–Trinajstić information content (AvgIpc) is 3.87. The van der Waals surface area contributed by atoms with Gasteiger partial charge in [-0.1, -0.05) is 26.0 Å². The summed E-state index contributed by atoms with van der Waals surface area (Å²) in [5.74, 6) is -0.0630. The molecule has 13 nitrogen and oxygen atoms in total. The molecule has 0 spiro atoms. The summed E-state index contributed by atoms with van der Waals surface area (Å²) in [6.07, 6.45) is -5.95. The first kappa shape index (κ1) is 28.4. The van der Waals surface area contributed by atoms with Crippen molar-refractivity contribution in [1.29, 1.82) is 0 Å². The number of nitrogens with zero attached hydrogens (tertiary/aromatic N) is 2. The van der Waals surface area contributed by atoms with Crippen LogP contribution in [0.5, 0.6) is 17.2 Å². The van der Waals surface area contributed by atoms with Crippen molar-refractivity contribution in [3.63, 3.8) is 0 Å². The van der Waals surface area contributed by atoms with E-state index < -0.39 is 66.2 Å². The molecule has 3 aliphatic rings. The van der Waals surface area contributed by atoms with Crippen LogP contribution in [0.15, 0.2) is 52.7 Å². The standard InChI is InChI=1S/C33H41N3O10S2/c1-20(2)14-36(48(39,40)25-8-9-29-30(13-25)45-19-44-29)15-28(37)27(35-33(38)46-31-17-43-32-26(31)10-11-41-32)12-22-4-6-24(7-5-22)42-16-23-18-47-21(3)34-23/h4-9,13,18,20,26-28,31-32,37H,10-12,14-17,19H2,1-3H3,(H,35,38)/t26-,27-,28-,31-,32+/m0/s1/i16D2,17D2,28D. The summed E-state index contributed by atoms with van der Waals surface area (Å²) in [5.41, 5.74) is 0.566.